The Balaban J connectivity index is 2.57. The van der Waals surface area contributed by atoms with Gasteiger partial charge in [-0.05, 0) is 18.4 Å². The number of benzene rings is 1. The van der Waals surface area contributed by atoms with Crippen LogP contribution in [0.15, 0.2) is 30.3 Å². The second-order valence-corrected chi connectivity index (χ2v) is 5.95. The summed E-state index contributed by atoms with van der Waals surface area (Å²) in [5.74, 6) is -0.705. The van der Waals surface area contributed by atoms with Crippen LogP contribution >= 0.6 is 0 Å². The van der Waals surface area contributed by atoms with Crippen LogP contribution in [-0.4, -0.2) is 49.1 Å². The molecule has 2 N–H and O–H groups in total. The predicted octanol–water partition coefficient (Wildman–Crippen LogP) is 2.11. The number of carbonyl (C=O) groups excluding carboxylic acids is 2. The number of nitrogens with zero attached hydrogens (tertiary/aromatic N) is 1. The lowest BCUT2D eigenvalue weighted by Gasteiger charge is -2.32. The van der Waals surface area contributed by atoms with Crippen LogP contribution < -0.4 is 5.73 Å². The van der Waals surface area contributed by atoms with Crippen molar-refractivity contribution in [3.05, 3.63) is 35.9 Å². The smallest absolute Gasteiger partial charge is 0.308 e. The van der Waals surface area contributed by atoms with Gasteiger partial charge in [0.15, 0.2) is 0 Å². The van der Waals surface area contributed by atoms with Crippen molar-refractivity contribution in [2.45, 2.75) is 51.8 Å². The van der Waals surface area contributed by atoms with Gasteiger partial charge in [0.1, 0.15) is 6.61 Å². The van der Waals surface area contributed by atoms with E-state index in [0.29, 0.717) is 13.2 Å². The number of carbonyl (C=O) groups is 2. The molecule has 0 saturated carbocycles. The number of ether oxygens (including phenoxy) is 2. The molecule has 0 spiro atoms. The van der Waals surface area contributed by atoms with E-state index >= 15 is 0 Å². The van der Waals surface area contributed by atoms with Gasteiger partial charge in [0, 0.05) is 19.7 Å². The van der Waals surface area contributed by atoms with Gasteiger partial charge in [-0.25, -0.2) is 0 Å². The zero-order chi connectivity index (χ0) is 18.7. The SMILES string of the molecule is CCC(CC)N(CCOC)C(=O)[C@@H](N)CC(=O)OCc1ccccc1. The van der Waals surface area contributed by atoms with Crippen molar-refractivity contribution in [3.8, 4) is 0 Å². The van der Waals surface area contributed by atoms with Crippen LogP contribution in [0.1, 0.15) is 38.7 Å². The largest absolute Gasteiger partial charge is 0.461 e. The van der Waals surface area contributed by atoms with Crippen LogP contribution in [0.3, 0.4) is 0 Å². The van der Waals surface area contributed by atoms with E-state index in [4.69, 9.17) is 15.2 Å². The number of nitrogens with two attached hydrogens (primary N) is 1. The summed E-state index contributed by atoms with van der Waals surface area (Å²) in [5.41, 5.74) is 6.87. The minimum atomic E-state index is -0.902. The highest BCUT2D eigenvalue weighted by Crippen LogP contribution is 2.12. The Morgan fingerprint density at radius 2 is 1.80 bits per heavy atom. The van der Waals surface area contributed by atoms with Gasteiger partial charge < -0.3 is 20.1 Å². The topological polar surface area (TPSA) is 81.9 Å². The van der Waals surface area contributed by atoms with E-state index in [1.165, 1.54) is 0 Å². The summed E-state index contributed by atoms with van der Waals surface area (Å²) >= 11 is 0. The molecule has 1 atom stereocenters. The molecule has 0 fully saturated rings. The Kier molecular flexibility index (Phi) is 9.80. The average Bonchev–Trinajstić information content (AvgIpc) is 2.63. The van der Waals surface area contributed by atoms with E-state index in [1.807, 2.05) is 44.2 Å². The van der Waals surface area contributed by atoms with Crippen LogP contribution in [0.4, 0.5) is 0 Å². The fraction of sp³-hybridized carbons (Fsp3) is 0.579. The summed E-state index contributed by atoms with van der Waals surface area (Å²) in [7, 11) is 1.59. The maximum absolute atomic E-state index is 12.7. The molecule has 0 heterocycles. The molecule has 1 amide bonds. The van der Waals surface area contributed by atoms with E-state index in [2.05, 4.69) is 0 Å². The molecule has 0 radical (unpaired) electrons. The number of esters is 1. The number of methoxy groups -OCH3 is 1. The van der Waals surface area contributed by atoms with Crippen molar-refractivity contribution >= 4 is 11.9 Å². The van der Waals surface area contributed by atoms with E-state index in [1.54, 1.807) is 12.0 Å². The lowest BCUT2D eigenvalue weighted by molar-refractivity contribution is -0.148. The Morgan fingerprint density at radius 1 is 1.16 bits per heavy atom. The van der Waals surface area contributed by atoms with E-state index in [9.17, 15) is 9.59 Å². The van der Waals surface area contributed by atoms with Gasteiger partial charge in [0.2, 0.25) is 5.91 Å². The Morgan fingerprint density at radius 3 is 2.36 bits per heavy atom. The van der Waals surface area contributed by atoms with Crippen molar-refractivity contribution in [2.75, 3.05) is 20.3 Å². The number of hydrogen-bond acceptors (Lipinski definition) is 5. The van der Waals surface area contributed by atoms with Gasteiger partial charge in [0.05, 0.1) is 19.1 Å². The molecule has 0 bridgehead atoms. The molecular weight excluding hydrogens is 320 g/mol. The molecule has 1 rings (SSSR count). The van der Waals surface area contributed by atoms with Gasteiger partial charge in [-0.1, -0.05) is 44.2 Å². The standard InChI is InChI=1S/C19H30N2O4/c1-4-16(5-2)21(11-12-24-3)19(23)17(20)13-18(22)25-14-15-9-7-6-8-10-15/h6-10,16-17H,4-5,11-14,20H2,1-3H3/t17-/m0/s1. The molecular formula is C19H30N2O4. The van der Waals surface area contributed by atoms with Crippen LogP contribution in [0.25, 0.3) is 0 Å². The highest BCUT2D eigenvalue weighted by Gasteiger charge is 2.27. The zero-order valence-electron chi connectivity index (χ0n) is 15.4. The van der Waals surface area contributed by atoms with Crippen molar-refractivity contribution in [1.82, 2.24) is 4.90 Å². The van der Waals surface area contributed by atoms with E-state index in [0.717, 1.165) is 18.4 Å². The first kappa shape index (κ1) is 21.1. The molecule has 6 nitrogen and oxygen atoms in total. The lowest BCUT2D eigenvalue weighted by atomic mass is 10.1. The Labute approximate surface area is 150 Å². The van der Waals surface area contributed by atoms with Crippen molar-refractivity contribution in [1.29, 1.82) is 0 Å². The Hall–Kier alpha value is -1.92. The predicted molar refractivity (Wildman–Crippen MR) is 96.8 cm³/mol. The highest BCUT2D eigenvalue weighted by molar-refractivity contribution is 5.86. The van der Waals surface area contributed by atoms with Gasteiger partial charge in [0.25, 0.3) is 0 Å². The molecule has 0 aliphatic heterocycles. The second kappa shape index (κ2) is 11.6. The summed E-state index contributed by atoms with van der Waals surface area (Å²) in [6.07, 6.45) is 1.53. The monoisotopic (exact) mass is 350 g/mol. The molecule has 140 valence electrons. The quantitative estimate of drug-likeness (QED) is 0.618. The van der Waals surface area contributed by atoms with Crippen molar-refractivity contribution in [3.63, 3.8) is 0 Å². The Bertz CT molecular complexity index is 517. The lowest BCUT2D eigenvalue weighted by Crippen LogP contribution is -2.50. The van der Waals surface area contributed by atoms with Gasteiger partial charge in [-0.2, -0.15) is 0 Å². The third-order valence-corrected chi connectivity index (χ3v) is 4.15. The maximum Gasteiger partial charge on any atom is 0.308 e. The van der Waals surface area contributed by atoms with Crippen LogP contribution in [0.2, 0.25) is 0 Å². The van der Waals surface area contributed by atoms with Gasteiger partial charge in [-0.3, -0.25) is 9.59 Å². The number of rotatable bonds is 11. The molecule has 0 aromatic heterocycles. The van der Waals surface area contributed by atoms with Crippen molar-refractivity contribution < 1.29 is 19.1 Å². The third-order valence-electron chi connectivity index (χ3n) is 4.15. The minimum Gasteiger partial charge on any atom is -0.461 e. The number of amides is 1. The van der Waals surface area contributed by atoms with Crippen LogP contribution in [0, 0.1) is 0 Å². The summed E-state index contributed by atoms with van der Waals surface area (Å²) in [6, 6.07) is 8.58. The highest BCUT2D eigenvalue weighted by atomic mass is 16.5. The van der Waals surface area contributed by atoms with Crippen LogP contribution in [0.5, 0.6) is 0 Å². The average molecular weight is 350 g/mol. The summed E-state index contributed by atoms with van der Waals surface area (Å²) in [6.45, 7) is 5.14. The molecule has 25 heavy (non-hydrogen) atoms. The molecule has 6 heteroatoms. The van der Waals surface area contributed by atoms with E-state index < -0.39 is 12.0 Å². The molecule has 1 aromatic rings. The maximum atomic E-state index is 12.7. The fourth-order valence-electron chi connectivity index (χ4n) is 2.67. The normalized spacial score (nSPS) is 12.0. The second-order valence-electron chi connectivity index (χ2n) is 5.95. The van der Waals surface area contributed by atoms with Crippen LogP contribution in [-0.2, 0) is 25.7 Å². The first-order valence-corrected chi connectivity index (χ1v) is 8.77. The first-order valence-electron chi connectivity index (χ1n) is 8.77. The molecule has 0 saturated heterocycles. The summed E-state index contributed by atoms with van der Waals surface area (Å²) < 4.78 is 10.3. The van der Waals surface area contributed by atoms with Gasteiger partial charge >= 0.3 is 5.97 Å². The zero-order valence-corrected chi connectivity index (χ0v) is 15.4. The van der Waals surface area contributed by atoms with Crippen molar-refractivity contribution in [2.24, 2.45) is 5.73 Å². The third kappa shape index (κ3) is 7.23. The number of hydrogen-bond donors (Lipinski definition) is 1. The molecule has 0 aliphatic carbocycles. The molecule has 0 aliphatic rings. The minimum absolute atomic E-state index is 0.0917. The summed E-state index contributed by atoms with van der Waals surface area (Å²) in [4.78, 5) is 26.4. The molecule has 0 unspecified atom stereocenters. The van der Waals surface area contributed by atoms with Gasteiger partial charge in [-0.15, -0.1) is 0 Å². The fourth-order valence-corrected chi connectivity index (χ4v) is 2.67. The summed E-state index contributed by atoms with van der Waals surface area (Å²) in [5, 5.41) is 0. The first-order chi connectivity index (χ1) is 12.0. The van der Waals surface area contributed by atoms with E-state index in [-0.39, 0.29) is 25.0 Å². The molecule has 1 aromatic carbocycles.